The van der Waals surface area contributed by atoms with Crippen molar-refractivity contribution in [3.63, 3.8) is 0 Å². The Bertz CT molecular complexity index is 620. The molecule has 0 amide bonds. The normalized spacial score (nSPS) is 24.7. The number of rotatable bonds is 4. The maximum absolute atomic E-state index is 12.9. The Morgan fingerprint density at radius 2 is 1.87 bits per heavy atom. The number of halogens is 1. The fraction of sp³-hybridized carbons (Fsp3) is 0.625. The largest absolute Gasteiger partial charge is 0.381 e. The van der Waals surface area contributed by atoms with Gasteiger partial charge in [-0.25, -0.2) is 17.5 Å². The number of hydrogen-bond acceptors (Lipinski definition) is 4. The number of sulfonamides is 1. The second kappa shape index (κ2) is 6.84. The smallest absolute Gasteiger partial charge is 0.216 e. The summed E-state index contributed by atoms with van der Waals surface area (Å²) in [6.45, 7) is 1.88. The van der Waals surface area contributed by atoms with E-state index in [2.05, 4.69) is 4.72 Å². The lowest BCUT2D eigenvalue weighted by molar-refractivity contribution is -0.138. The van der Waals surface area contributed by atoms with Crippen molar-refractivity contribution in [2.24, 2.45) is 0 Å². The molecule has 0 bridgehead atoms. The van der Waals surface area contributed by atoms with Gasteiger partial charge in [0, 0.05) is 25.9 Å². The molecule has 2 aliphatic rings. The molecule has 23 heavy (non-hydrogen) atoms. The molecule has 3 rings (SSSR count). The van der Waals surface area contributed by atoms with Crippen LogP contribution in [0.15, 0.2) is 24.3 Å². The molecule has 2 aliphatic heterocycles. The first-order valence-electron chi connectivity index (χ1n) is 7.93. The monoisotopic (exact) mass is 343 g/mol. The molecule has 0 aromatic heterocycles. The van der Waals surface area contributed by atoms with Gasteiger partial charge in [-0.15, -0.1) is 0 Å². The Morgan fingerprint density at radius 1 is 1.17 bits per heavy atom. The minimum absolute atomic E-state index is 0.118. The molecule has 1 aromatic carbocycles. The van der Waals surface area contributed by atoms with Crippen LogP contribution in [0.2, 0.25) is 0 Å². The van der Waals surface area contributed by atoms with Crippen LogP contribution in [0.25, 0.3) is 0 Å². The number of nitrogens with one attached hydrogen (secondary N) is 1. The summed E-state index contributed by atoms with van der Waals surface area (Å²) < 4.78 is 51.7. The van der Waals surface area contributed by atoms with Crippen molar-refractivity contribution in [1.82, 2.24) is 4.72 Å². The third-order valence-electron chi connectivity index (χ3n) is 4.51. The van der Waals surface area contributed by atoms with E-state index in [0.717, 1.165) is 12.8 Å². The summed E-state index contributed by atoms with van der Waals surface area (Å²) in [5.74, 6) is -0.509. The molecule has 2 fully saturated rings. The minimum atomic E-state index is -3.46. The Morgan fingerprint density at radius 3 is 2.57 bits per heavy atom. The van der Waals surface area contributed by atoms with E-state index in [1.54, 1.807) is 0 Å². The van der Waals surface area contributed by atoms with Crippen molar-refractivity contribution in [2.45, 2.75) is 43.1 Å². The predicted octanol–water partition coefficient (Wildman–Crippen LogP) is 1.97. The maximum atomic E-state index is 12.9. The predicted molar refractivity (Wildman–Crippen MR) is 83.9 cm³/mol. The van der Waals surface area contributed by atoms with Crippen LogP contribution in [0.1, 0.15) is 31.2 Å². The zero-order valence-electron chi connectivity index (χ0n) is 13.0. The van der Waals surface area contributed by atoms with Crippen molar-refractivity contribution < 1.29 is 22.3 Å². The fourth-order valence-corrected chi connectivity index (χ4v) is 4.74. The van der Waals surface area contributed by atoms with Crippen molar-refractivity contribution in [2.75, 3.05) is 19.8 Å². The van der Waals surface area contributed by atoms with E-state index < -0.39 is 10.0 Å². The molecule has 1 unspecified atom stereocenters. The molecule has 128 valence electrons. The Balaban J connectivity index is 1.61. The van der Waals surface area contributed by atoms with Gasteiger partial charge in [-0.05, 0) is 43.4 Å². The topological polar surface area (TPSA) is 64.6 Å². The highest BCUT2D eigenvalue weighted by molar-refractivity contribution is 7.88. The summed E-state index contributed by atoms with van der Waals surface area (Å²) in [4.78, 5) is 0. The fourth-order valence-electron chi connectivity index (χ4n) is 3.32. The molecule has 0 saturated carbocycles. The van der Waals surface area contributed by atoms with Gasteiger partial charge in [-0.3, -0.25) is 0 Å². The van der Waals surface area contributed by atoms with Gasteiger partial charge in [0.15, 0.2) is 0 Å². The van der Waals surface area contributed by atoms with E-state index in [-0.39, 0.29) is 23.2 Å². The number of hydrogen-bond donors (Lipinski definition) is 1. The van der Waals surface area contributed by atoms with Crippen LogP contribution in [-0.2, 0) is 25.2 Å². The SMILES string of the molecule is O=S(=O)(Cc1ccc(F)cc1)NC1CCOC2(CCOCC2)C1. The van der Waals surface area contributed by atoms with Crippen LogP contribution in [0.4, 0.5) is 4.39 Å². The van der Waals surface area contributed by atoms with Gasteiger partial charge < -0.3 is 9.47 Å². The standard InChI is InChI=1S/C16H22FNO4S/c17-14-3-1-13(2-4-14)12-23(19,20)18-15-5-8-22-16(11-15)6-9-21-10-7-16/h1-4,15,18H,5-12H2. The zero-order chi connectivity index (χ0) is 16.3. The number of benzene rings is 1. The summed E-state index contributed by atoms with van der Waals surface area (Å²) >= 11 is 0. The molecule has 0 aliphatic carbocycles. The summed E-state index contributed by atoms with van der Waals surface area (Å²) in [6, 6.07) is 5.43. The van der Waals surface area contributed by atoms with E-state index in [4.69, 9.17) is 9.47 Å². The third-order valence-corrected chi connectivity index (χ3v) is 5.92. The first-order valence-corrected chi connectivity index (χ1v) is 9.58. The summed E-state index contributed by atoms with van der Waals surface area (Å²) in [6.07, 6.45) is 2.97. The Kier molecular flexibility index (Phi) is 5.01. The molecule has 0 radical (unpaired) electrons. The van der Waals surface area contributed by atoms with Gasteiger partial charge in [-0.1, -0.05) is 12.1 Å². The molecule has 5 nitrogen and oxygen atoms in total. The van der Waals surface area contributed by atoms with Crippen LogP contribution in [0.3, 0.4) is 0 Å². The lowest BCUT2D eigenvalue weighted by atomic mass is 9.84. The molecule has 1 N–H and O–H groups in total. The van der Waals surface area contributed by atoms with Crippen LogP contribution >= 0.6 is 0 Å². The van der Waals surface area contributed by atoms with Gasteiger partial charge in [0.25, 0.3) is 0 Å². The van der Waals surface area contributed by atoms with Crippen molar-refractivity contribution in [3.05, 3.63) is 35.6 Å². The van der Waals surface area contributed by atoms with Crippen molar-refractivity contribution >= 4 is 10.0 Å². The van der Waals surface area contributed by atoms with Crippen LogP contribution in [-0.4, -0.2) is 39.9 Å². The summed E-state index contributed by atoms with van der Waals surface area (Å²) in [5.41, 5.74) is 0.325. The van der Waals surface area contributed by atoms with E-state index in [9.17, 15) is 12.8 Å². The zero-order valence-corrected chi connectivity index (χ0v) is 13.8. The Hall–Kier alpha value is -1.02. The second-order valence-electron chi connectivity index (χ2n) is 6.34. The van der Waals surface area contributed by atoms with E-state index in [1.807, 2.05) is 0 Å². The van der Waals surface area contributed by atoms with E-state index in [1.165, 1.54) is 24.3 Å². The summed E-state index contributed by atoms with van der Waals surface area (Å²) in [7, 11) is -3.46. The Labute approximate surface area is 136 Å². The second-order valence-corrected chi connectivity index (χ2v) is 8.09. The molecule has 1 atom stereocenters. The molecular formula is C16H22FNO4S. The molecule has 7 heteroatoms. The van der Waals surface area contributed by atoms with Gasteiger partial charge in [0.05, 0.1) is 11.4 Å². The maximum Gasteiger partial charge on any atom is 0.216 e. The van der Waals surface area contributed by atoms with Gasteiger partial charge >= 0.3 is 0 Å². The van der Waals surface area contributed by atoms with Crippen LogP contribution in [0, 0.1) is 5.82 Å². The average molecular weight is 343 g/mol. The highest BCUT2D eigenvalue weighted by atomic mass is 32.2. The average Bonchev–Trinajstić information content (AvgIpc) is 2.50. The quantitative estimate of drug-likeness (QED) is 0.908. The first-order chi connectivity index (χ1) is 11.0. The third kappa shape index (κ3) is 4.50. The molecule has 2 heterocycles. The number of ether oxygens (including phenoxy) is 2. The lowest BCUT2D eigenvalue weighted by Gasteiger charge is -2.43. The molecule has 1 spiro atoms. The van der Waals surface area contributed by atoms with Gasteiger partial charge in [-0.2, -0.15) is 0 Å². The van der Waals surface area contributed by atoms with Crippen molar-refractivity contribution in [1.29, 1.82) is 0 Å². The van der Waals surface area contributed by atoms with Crippen molar-refractivity contribution in [3.8, 4) is 0 Å². The first kappa shape index (κ1) is 16.8. The van der Waals surface area contributed by atoms with Crippen LogP contribution in [0.5, 0.6) is 0 Å². The molecule has 1 aromatic rings. The lowest BCUT2D eigenvalue weighted by Crippen LogP contribution is -2.51. The summed E-state index contributed by atoms with van der Waals surface area (Å²) in [5, 5.41) is 0. The van der Waals surface area contributed by atoms with E-state index in [0.29, 0.717) is 38.2 Å². The van der Waals surface area contributed by atoms with Gasteiger partial charge in [0.2, 0.25) is 10.0 Å². The van der Waals surface area contributed by atoms with E-state index >= 15 is 0 Å². The highest BCUT2D eigenvalue weighted by Crippen LogP contribution is 2.34. The minimum Gasteiger partial charge on any atom is -0.381 e. The van der Waals surface area contributed by atoms with Gasteiger partial charge in [0.1, 0.15) is 5.82 Å². The van der Waals surface area contributed by atoms with Crippen LogP contribution < -0.4 is 4.72 Å². The molecular weight excluding hydrogens is 321 g/mol. The highest BCUT2D eigenvalue weighted by Gasteiger charge is 2.40. The molecule has 2 saturated heterocycles.